The van der Waals surface area contributed by atoms with Gasteiger partial charge < -0.3 is 10.5 Å². The molecule has 3 rings (SSSR count). The lowest BCUT2D eigenvalue weighted by Crippen LogP contribution is -2.31. The minimum Gasteiger partial charge on any atom is -0.399 e. The number of sulfonamides is 1. The average Bonchev–Trinajstić information content (AvgIpc) is 2.55. The second kappa shape index (κ2) is 6.93. The number of nitrogen functional groups attached to an aromatic ring is 1. The van der Waals surface area contributed by atoms with Crippen molar-refractivity contribution in [3.05, 3.63) is 59.2 Å². The molecular formula is C18H22N2O3S. The maximum atomic E-state index is 12.8. The van der Waals surface area contributed by atoms with E-state index >= 15 is 0 Å². The van der Waals surface area contributed by atoms with E-state index in [1.807, 2.05) is 24.3 Å². The summed E-state index contributed by atoms with van der Waals surface area (Å²) in [6, 6.07) is 12.3. The molecule has 0 aliphatic heterocycles. The van der Waals surface area contributed by atoms with Crippen molar-refractivity contribution in [1.82, 2.24) is 4.72 Å². The van der Waals surface area contributed by atoms with Gasteiger partial charge in [-0.3, -0.25) is 0 Å². The van der Waals surface area contributed by atoms with Gasteiger partial charge in [0.15, 0.2) is 0 Å². The molecule has 24 heavy (non-hydrogen) atoms. The number of hydrogen-bond acceptors (Lipinski definition) is 4. The SMILES string of the molecule is COCc1cccc(S(=O)(=O)NC2CCCc3cc(N)ccc32)c1. The number of aryl methyl sites for hydroxylation is 1. The number of rotatable bonds is 5. The molecule has 0 fully saturated rings. The Bertz CT molecular complexity index is 834. The molecule has 1 atom stereocenters. The van der Waals surface area contributed by atoms with Crippen LogP contribution >= 0.6 is 0 Å². The molecule has 0 aromatic heterocycles. The molecule has 6 heteroatoms. The third kappa shape index (κ3) is 3.61. The fraction of sp³-hybridized carbons (Fsp3) is 0.333. The van der Waals surface area contributed by atoms with Gasteiger partial charge in [0.2, 0.25) is 10.0 Å². The van der Waals surface area contributed by atoms with Crippen LogP contribution in [0, 0.1) is 0 Å². The smallest absolute Gasteiger partial charge is 0.241 e. The number of nitrogens with two attached hydrogens (primary N) is 1. The molecule has 2 aromatic rings. The molecule has 0 amide bonds. The molecule has 0 spiro atoms. The average molecular weight is 346 g/mol. The van der Waals surface area contributed by atoms with E-state index in [4.69, 9.17) is 10.5 Å². The largest absolute Gasteiger partial charge is 0.399 e. The number of benzene rings is 2. The summed E-state index contributed by atoms with van der Waals surface area (Å²) >= 11 is 0. The first-order chi connectivity index (χ1) is 11.5. The fourth-order valence-electron chi connectivity index (χ4n) is 3.18. The van der Waals surface area contributed by atoms with Gasteiger partial charge in [-0.05, 0) is 60.2 Å². The highest BCUT2D eigenvalue weighted by atomic mass is 32.2. The Labute approximate surface area is 142 Å². The van der Waals surface area contributed by atoms with E-state index in [1.165, 1.54) is 0 Å². The van der Waals surface area contributed by atoms with Crippen molar-refractivity contribution in [3.63, 3.8) is 0 Å². The van der Waals surface area contributed by atoms with E-state index in [1.54, 1.807) is 25.3 Å². The van der Waals surface area contributed by atoms with Crippen LogP contribution in [0.25, 0.3) is 0 Å². The number of fused-ring (bicyclic) bond motifs is 1. The third-order valence-corrected chi connectivity index (χ3v) is 5.77. The van der Waals surface area contributed by atoms with Crippen LogP contribution in [0.1, 0.15) is 35.6 Å². The Kier molecular flexibility index (Phi) is 4.89. The monoisotopic (exact) mass is 346 g/mol. The number of nitrogens with one attached hydrogen (secondary N) is 1. The van der Waals surface area contributed by atoms with Crippen molar-refractivity contribution < 1.29 is 13.2 Å². The van der Waals surface area contributed by atoms with Crippen LogP contribution in [0.15, 0.2) is 47.4 Å². The van der Waals surface area contributed by atoms with Crippen LogP contribution in [0.5, 0.6) is 0 Å². The first-order valence-electron chi connectivity index (χ1n) is 7.98. The van der Waals surface area contributed by atoms with Crippen molar-refractivity contribution in [3.8, 4) is 0 Å². The Morgan fingerprint density at radius 1 is 1.25 bits per heavy atom. The van der Waals surface area contributed by atoms with Gasteiger partial charge in [0.05, 0.1) is 11.5 Å². The Morgan fingerprint density at radius 3 is 2.88 bits per heavy atom. The quantitative estimate of drug-likeness (QED) is 0.816. The van der Waals surface area contributed by atoms with Crippen molar-refractivity contribution in [1.29, 1.82) is 0 Å². The lowest BCUT2D eigenvalue weighted by molar-refractivity contribution is 0.184. The summed E-state index contributed by atoms with van der Waals surface area (Å²) in [5.41, 5.74) is 9.53. The van der Waals surface area contributed by atoms with Crippen LogP contribution < -0.4 is 10.5 Å². The zero-order chi connectivity index (χ0) is 17.2. The van der Waals surface area contributed by atoms with Gasteiger partial charge in [-0.1, -0.05) is 18.2 Å². The van der Waals surface area contributed by atoms with Gasteiger partial charge in [-0.2, -0.15) is 0 Å². The predicted octanol–water partition coefficient (Wildman–Crippen LogP) is 2.77. The van der Waals surface area contributed by atoms with Crippen molar-refractivity contribution in [2.24, 2.45) is 0 Å². The van der Waals surface area contributed by atoms with E-state index in [0.29, 0.717) is 12.3 Å². The molecule has 2 aromatic carbocycles. The van der Waals surface area contributed by atoms with Gasteiger partial charge in [0.1, 0.15) is 0 Å². The fourth-order valence-corrected chi connectivity index (χ4v) is 4.50. The standard InChI is InChI=1S/C18H22N2O3S/c1-23-12-13-4-2-6-16(10-13)24(21,22)20-18-7-3-5-14-11-15(19)8-9-17(14)18/h2,4,6,8-11,18,20H,3,5,7,12,19H2,1H3. The molecule has 0 saturated carbocycles. The summed E-state index contributed by atoms with van der Waals surface area (Å²) < 4.78 is 33.4. The molecule has 5 nitrogen and oxygen atoms in total. The van der Waals surface area contributed by atoms with Gasteiger partial charge in [-0.25, -0.2) is 13.1 Å². The topological polar surface area (TPSA) is 81.4 Å². The summed E-state index contributed by atoms with van der Waals surface area (Å²) in [4.78, 5) is 0.264. The highest BCUT2D eigenvalue weighted by molar-refractivity contribution is 7.89. The summed E-state index contributed by atoms with van der Waals surface area (Å²) in [5.74, 6) is 0. The first-order valence-corrected chi connectivity index (χ1v) is 9.46. The Morgan fingerprint density at radius 2 is 2.08 bits per heavy atom. The Balaban J connectivity index is 1.87. The maximum absolute atomic E-state index is 12.8. The number of hydrogen-bond donors (Lipinski definition) is 2. The van der Waals surface area contributed by atoms with E-state index in [0.717, 1.165) is 36.0 Å². The van der Waals surface area contributed by atoms with Crippen LogP contribution in [-0.4, -0.2) is 15.5 Å². The molecule has 0 saturated heterocycles. The predicted molar refractivity (Wildman–Crippen MR) is 94.0 cm³/mol. The lowest BCUT2D eigenvalue weighted by atomic mass is 9.88. The van der Waals surface area contributed by atoms with Gasteiger partial charge in [0, 0.05) is 18.8 Å². The van der Waals surface area contributed by atoms with Gasteiger partial charge in [-0.15, -0.1) is 0 Å². The highest BCUT2D eigenvalue weighted by Crippen LogP contribution is 2.32. The number of anilines is 1. The van der Waals surface area contributed by atoms with Crippen LogP contribution in [0.3, 0.4) is 0 Å². The number of ether oxygens (including phenoxy) is 1. The zero-order valence-electron chi connectivity index (χ0n) is 13.7. The third-order valence-electron chi connectivity index (χ3n) is 4.30. The molecule has 1 aliphatic carbocycles. The summed E-state index contributed by atoms with van der Waals surface area (Å²) in [7, 11) is -2.00. The molecular weight excluding hydrogens is 324 g/mol. The summed E-state index contributed by atoms with van der Waals surface area (Å²) in [6.45, 7) is 0.384. The highest BCUT2D eigenvalue weighted by Gasteiger charge is 2.26. The minimum absolute atomic E-state index is 0.217. The molecule has 3 N–H and O–H groups in total. The van der Waals surface area contributed by atoms with Crippen molar-refractivity contribution in [2.75, 3.05) is 12.8 Å². The van der Waals surface area contributed by atoms with E-state index in [-0.39, 0.29) is 10.9 Å². The molecule has 1 aliphatic rings. The zero-order valence-corrected chi connectivity index (χ0v) is 14.5. The molecule has 0 bridgehead atoms. The van der Waals surface area contributed by atoms with Crippen molar-refractivity contribution in [2.45, 2.75) is 36.8 Å². The van der Waals surface area contributed by atoms with Gasteiger partial charge in [0.25, 0.3) is 0 Å². The van der Waals surface area contributed by atoms with Crippen LogP contribution in [0.4, 0.5) is 5.69 Å². The van der Waals surface area contributed by atoms with Crippen LogP contribution in [-0.2, 0) is 27.8 Å². The molecule has 1 unspecified atom stereocenters. The second-order valence-corrected chi connectivity index (χ2v) is 7.82. The molecule has 128 valence electrons. The summed E-state index contributed by atoms with van der Waals surface area (Å²) in [6.07, 6.45) is 2.66. The first kappa shape index (κ1) is 17.0. The maximum Gasteiger partial charge on any atom is 0.241 e. The molecule has 0 radical (unpaired) electrons. The van der Waals surface area contributed by atoms with Crippen LogP contribution in [0.2, 0.25) is 0 Å². The van der Waals surface area contributed by atoms with E-state index in [2.05, 4.69) is 4.72 Å². The van der Waals surface area contributed by atoms with Crippen molar-refractivity contribution >= 4 is 15.7 Å². The lowest BCUT2D eigenvalue weighted by Gasteiger charge is -2.26. The molecule has 0 heterocycles. The minimum atomic E-state index is -3.59. The second-order valence-electron chi connectivity index (χ2n) is 6.10. The number of methoxy groups -OCH3 is 1. The van der Waals surface area contributed by atoms with Gasteiger partial charge >= 0.3 is 0 Å². The Hall–Kier alpha value is -1.89. The summed E-state index contributed by atoms with van der Waals surface area (Å²) in [5, 5.41) is 0. The van der Waals surface area contributed by atoms with E-state index in [9.17, 15) is 8.42 Å². The normalized spacial score (nSPS) is 17.5. The van der Waals surface area contributed by atoms with E-state index < -0.39 is 10.0 Å².